The number of carbonyl (C=O) groups excluding carboxylic acids is 2. The summed E-state index contributed by atoms with van der Waals surface area (Å²) in [6.07, 6.45) is 1.66. The predicted octanol–water partition coefficient (Wildman–Crippen LogP) is -0.0648. The molecule has 0 fully saturated rings. The molecule has 1 aromatic heterocycles. The minimum atomic E-state index is -0.375. The van der Waals surface area contributed by atoms with Crippen molar-refractivity contribution < 1.29 is 9.59 Å². The quantitative estimate of drug-likeness (QED) is 0.672. The summed E-state index contributed by atoms with van der Waals surface area (Å²) in [5.41, 5.74) is 1.25. The van der Waals surface area contributed by atoms with Gasteiger partial charge in [0, 0.05) is 19.3 Å². The number of aromatic nitrogens is 2. The number of fused-ring (bicyclic) bond motifs is 1. The van der Waals surface area contributed by atoms with E-state index in [0.29, 0.717) is 18.1 Å². The van der Waals surface area contributed by atoms with Crippen LogP contribution in [0.1, 0.15) is 41.3 Å². The Hall–Kier alpha value is -1.85. The predicted molar refractivity (Wildman–Crippen MR) is 61.7 cm³/mol. The molecule has 0 radical (unpaired) electrons. The van der Waals surface area contributed by atoms with Crippen LogP contribution < -0.4 is 10.6 Å². The van der Waals surface area contributed by atoms with Crippen LogP contribution in [-0.4, -0.2) is 35.4 Å². The molecule has 0 saturated carbocycles. The topological polar surface area (TPSA) is 86.9 Å². The molecule has 6 nitrogen and oxygen atoms in total. The molecular formula is C11H16N4O2. The van der Waals surface area contributed by atoms with Crippen LogP contribution in [0, 0.1) is 0 Å². The van der Waals surface area contributed by atoms with Gasteiger partial charge in [0.05, 0.1) is 5.92 Å². The lowest BCUT2D eigenvalue weighted by Gasteiger charge is -2.06. The summed E-state index contributed by atoms with van der Waals surface area (Å²) < 4.78 is 0. The van der Waals surface area contributed by atoms with Crippen molar-refractivity contribution in [3.63, 3.8) is 0 Å². The summed E-state index contributed by atoms with van der Waals surface area (Å²) in [5, 5.41) is 5.34. The number of likely N-dealkylation sites (N-methyl/N-ethyl adjacent to an activating group) is 1. The van der Waals surface area contributed by atoms with Crippen molar-refractivity contribution >= 4 is 11.8 Å². The lowest BCUT2D eigenvalue weighted by molar-refractivity contribution is -0.121. The minimum absolute atomic E-state index is 0.116. The Bertz CT molecular complexity index is 452. The van der Waals surface area contributed by atoms with Gasteiger partial charge >= 0.3 is 0 Å². The van der Waals surface area contributed by atoms with Gasteiger partial charge < -0.3 is 15.6 Å². The third kappa shape index (κ3) is 2.15. The van der Waals surface area contributed by atoms with E-state index < -0.39 is 0 Å². The maximum absolute atomic E-state index is 11.7. The molecule has 6 heteroatoms. The standard InChI is InChI=1S/C11H16N4O2/c1-6(10(16)12-2)9-14-7-4-3-5-13-11(17)8(7)15-9/h6H,3-5H2,1-2H3,(H,12,16)(H,13,17)(H,14,15)/t6-/m1/s1. The smallest absolute Gasteiger partial charge is 0.271 e. The summed E-state index contributed by atoms with van der Waals surface area (Å²) in [6.45, 7) is 2.43. The van der Waals surface area contributed by atoms with Crippen LogP contribution in [0.4, 0.5) is 0 Å². The molecule has 1 atom stereocenters. The van der Waals surface area contributed by atoms with Gasteiger partial charge in [0.1, 0.15) is 11.5 Å². The van der Waals surface area contributed by atoms with E-state index in [1.807, 2.05) is 0 Å². The molecule has 3 N–H and O–H groups in total. The first-order valence-electron chi connectivity index (χ1n) is 5.72. The second-order valence-corrected chi connectivity index (χ2v) is 4.14. The van der Waals surface area contributed by atoms with Crippen LogP contribution in [0.5, 0.6) is 0 Å². The first kappa shape index (κ1) is 11.6. The molecule has 0 aliphatic carbocycles. The van der Waals surface area contributed by atoms with Crippen molar-refractivity contribution in [2.75, 3.05) is 13.6 Å². The highest BCUT2D eigenvalue weighted by Crippen LogP contribution is 2.17. The van der Waals surface area contributed by atoms with Crippen LogP contribution in [-0.2, 0) is 11.2 Å². The largest absolute Gasteiger partial charge is 0.359 e. The van der Waals surface area contributed by atoms with E-state index >= 15 is 0 Å². The Labute approximate surface area is 99.2 Å². The lowest BCUT2D eigenvalue weighted by Crippen LogP contribution is -2.25. The fourth-order valence-corrected chi connectivity index (χ4v) is 1.89. The lowest BCUT2D eigenvalue weighted by atomic mass is 10.1. The number of nitrogens with one attached hydrogen (secondary N) is 3. The number of aryl methyl sites for hydroxylation is 1. The van der Waals surface area contributed by atoms with Crippen molar-refractivity contribution in [2.24, 2.45) is 0 Å². The zero-order valence-electron chi connectivity index (χ0n) is 9.96. The number of hydrogen-bond acceptors (Lipinski definition) is 3. The van der Waals surface area contributed by atoms with Gasteiger partial charge in [0.25, 0.3) is 5.91 Å². The summed E-state index contributed by atoms with van der Waals surface area (Å²) >= 11 is 0. The molecule has 1 aliphatic heterocycles. The molecule has 1 aliphatic rings. The molecule has 2 heterocycles. The molecular weight excluding hydrogens is 220 g/mol. The van der Waals surface area contributed by atoms with Gasteiger partial charge in [-0.15, -0.1) is 0 Å². The maximum atomic E-state index is 11.7. The number of amides is 2. The van der Waals surface area contributed by atoms with Crippen molar-refractivity contribution in [3.05, 3.63) is 17.2 Å². The van der Waals surface area contributed by atoms with Gasteiger partial charge in [-0.05, 0) is 19.8 Å². The Balaban J connectivity index is 2.31. The first-order valence-corrected chi connectivity index (χ1v) is 5.72. The van der Waals surface area contributed by atoms with Crippen molar-refractivity contribution in [1.82, 2.24) is 20.6 Å². The van der Waals surface area contributed by atoms with E-state index in [2.05, 4.69) is 20.6 Å². The average Bonchev–Trinajstić information content (AvgIpc) is 2.69. The fraction of sp³-hybridized carbons (Fsp3) is 0.545. The van der Waals surface area contributed by atoms with Gasteiger partial charge in [-0.1, -0.05) is 0 Å². The van der Waals surface area contributed by atoms with Crippen LogP contribution in [0.25, 0.3) is 0 Å². The number of rotatable bonds is 2. The molecule has 1 aromatic rings. The normalized spacial score (nSPS) is 16.7. The highest BCUT2D eigenvalue weighted by atomic mass is 16.2. The number of H-pyrrole nitrogens is 1. The number of nitrogens with zero attached hydrogens (tertiary/aromatic N) is 1. The second-order valence-electron chi connectivity index (χ2n) is 4.14. The number of carbonyl (C=O) groups is 2. The molecule has 0 bridgehead atoms. The van der Waals surface area contributed by atoms with Gasteiger partial charge in [-0.2, -0.15) is 0 Å². The van der Waals surface area contributed by atoms with Crippen molar-refractivity contribution in [3.8, 4) is 0 Å². The van der Waals surface area contributed by atoms with Crippen LogP contribution >= 0.6 is 0 Å². The van der Waals surface area contributed by atoms with E-state index in [1.165, 1.54) is 0 Å². The average molecular weight is 236 g/mol. The zero-order chi connectivity index (χ0) is 12.4. The van der Waals surface area contributed by atoms with Gasteiger partial charge in [-0.25, -0.2) is 4.98 Å². The summed E-state index contributed by atoms with van der Waals surface area (Å²) in [7, 11) is 1.58. The fourth-order valence-electron chi connectivity index (χ4n) is 1.89. The molecule has 0 saturated heterocycles. The molecule has 0 spiro atoms. The van der Waals surface area contributed by atoms with Crippen molar-refractivity contribution in [2.45, 2.75) is 25.7 Å². The number of imidazole rings is 1. The Morgan fingerprint density at radius 2 is 2.29 bits per heavy atom. The summed E-state index contributed by atoms with van der Waals surface area (Å²) in [5.74, 6) is -0.107. The van der Waals surface area contributed by atoms with Crippen molar-refractivity contribution in [1.29, 1.82) is 0 Å². The van der Waals surface area contributed by atoms with Gasteiger partial charge in [0.15, 0.2) is 0 Å². The summed E-state index contributed by atoms with van der Waals surface area (Å²) in [4.78, 5) is 30.5. The Morgan fingerprint density at radius 1 is 1.53 bits per heavy atom. The van der Waals surface area contributed by atoms with E-state index in [1.54, 1.807) is 14.0 Å². The molecule has 0 unspecified atom stereocenters. The third-order valence-corrected chi connectivity index (χ3v) is 2.95. The van der Waals surface area contributed by atoms with E-state index in [0.717, 1.165) is 18.5 Å². The van der Waals surface area contributed by atoms with Crippen LogP contribution in [0.2, 0.25) is 0 Å². The van der Waals surface area contributed by atoms with Crippen LogP contribution in [0.15, 0.2) is 0 Å². The molecule has 2 rings (SSSR count). The maximum Gasteiger partial charge on any atom is 0.271 e. The molecule has 17 heavy (non-hydrogen) atoms. The Morgan fingerprint density at radius 3 is 3.00 bits per heavy atom. The molecule has 92 valence electrons. The molecule has 2 amide bonds. The number of aromatic amines is 1. The molecule has 0 aromatic carbocycles. The minimum Gasteiger partial charge on any atom is -0.359 e. The first-order chi connectivity index (χ1) is 8.13. The van der Waals surface area contributed by atoms with E-state index in [4.69, 9.17) is 0 Å². The third-order valence-electron chi connectivity index (χ3n) is 2.95. The second kappa shape index (κ2) is 4.57. The zero-order valence-corrected chi connectivity index (χ0v) is 9.96. The van der Waals surface area contributed by atoms with Gasteiger partial charge in [0.2, 0.25) is 5.91 Å². The Kier molecular flexibility index (Phi) is 3.12. The number of hydrogen-bond donors (Lipinski definition) is 3. The van der Waals surface area contributed by atoms with E-state index in [-0.39, 0.29) is 17.7 Å². The summed E-state index contributed by atoms with van der Waals surface area (Å²) in [6, 6.07) is 0. The SMILES string of the molecule is CNC(=O)[C@H](C)c1nc2c([nH]1)CCCNC2=O. The highest BCUT2D eigenvalue weighted by molar-refractivity contribution is 5.94. The van der Waals surface area contributed by atoms with Crippen LogP contribution in [0.3, 0.4) is 0 Å². The monoisotopic (exact) mass is 236 g/mol. The highest BCUT2D eigenvalue weighted by Gasteiger charge is 2.24. The van der Waals surface area contributed by atoms with E-state index in [9.17, 15) is 9.59 Å². The van der Waals surface area contributed by atoms with Gasteiger partial charge in [-0.3, -0.25) is 9.59 Å².